The van der Waals surface area contributed by atoms with Crippen LogP contribution in [-0.4, -0.2) is 7.11 Å². The molecule has 0 spiro atoms. The van der Waals surface area contributed by atoms with Gasteiger partial charge in [0.05, 0.1) is 7.11 Å². The molecule has 1 aromatic rings. The lowest BCUT2D eigenvalue weighted by Gasteiger charge is -2.10. The van der Waals surface area contributed by atoms with Gasteiger partial charge in [0.25, 0.3) is 0 Å². The Morgan fingerprint density at radius 2 is 2.07 bits per heavy atom. The molecule has 0 radical (unpaired) electrons. The Morgan fingerprint density at radius 1 is 1.36 bits per heavy atom. The fraction of sp³-hybridized carbons (Fsp3) is 0.385. The van der Waals surface area contributed by atoms with Gasteiger partial charge in [-0.25, -0.2) is 0 Å². The zero-order chi connectivity index (χ0) is 10.4. The van der Waals surface area contributed by atoms with E-state index in [1.54, 1.807) is 7.11 Å². The molecular weight excluding hydrogens is 172 g/mol. The van der Waals surface area contributed by atoms with Crippen molar-refractivity contribution in [2.45, 2.75) is 20.3 Å². The summed E-state index contributed by atoms with van der Waals surface area (Å²) >= 11 is 0. The molecule has 0 aromatic heterocycles. The van der Waals surface area contributed by atoms with Crippen molar-refractivity contribution in [3.05, 3.63) is 42.0 Å². The molecule has 1 unspecified atom stereocenters. The third-order valence-electron chi connectivity index (χ3n) is 2.26. The first-order valence-electron chi connectivity index (χ1n) is 5.02. The van der Waals surface area contributed by atoms with Gasteiger partial charge in [0.1, 0.15) is 5.75 Å². The summed E-state index contributed by atoms with van der Waals surface area (Å²) in [5.41, 5.74) is 1.28. The minimum absolute atomic E-state index is 0.566. The molecule has 1 atom stereocenters. The van der Waals surface area contributed by atoms with Gasteiger partial charge in [-0.2, -0.15) is 0 Å². The molecule has 1 rings (SSSR count). The lowest BCUT2D eigenvalue weighted by atomic mass is 10.00. The van der Waals surface area contributed by atoms with Crippen molar-refractivity contribution in [3.63, 3.8) is 0 Å². The quantitative estimate of drug-likeness (QED) is 0.661. The van der Waals surface area contributed by atoms with Crippen LogP contribution in [0, 0.1) is 5.92 Å². The van der Waals surface area contributed by atoms with E-state index in [0.717, 1.165) is 12.2 Å². The van der Waals surface area contributed by atoms with E-state index in [-0.39, 0.29) is 0 Å². The molecule has 0 saturated carbocycles. The highest BCUT2D eigenvalue weighted by Gasteiger charge is 2.04. The normalized spacial score (nSPS) is 13.1. The first kappa shape index (κ1) is 10.8. The number of hydrogen-bond donors (Lipinski definition) is 0. The SMILES string of the molecule is C/C=C\C(C)Cc1ccccc1OC. The predicted octanol–water partition coefficient (Wildman–Crippen LogP) is 3.45. The first-order chi connectivity index (χ1) is 6.77. The lowest BCUT2D eigenvalue weighted by Crippen LogP contribution is -1.98. The Kier molecular flexibility index (Phi) is 4.24. The molecule has 1 aromatic carbocycles. The molecule has 0 bridgehead atoms. The largest absolute Gasteiger partial charge is 0.496 e. The van der Waals surface area contributed by atoms with Crippen molar-refractivity contribution in [3.8, 4) is 5.75 Å². The van der Waals surface area contributed by atoms with E-state index in [1.807, 2.05) is 12.1 Å². The standard InChI is InChI=1S/C13H18O/c1-4-7-11(2)10-12-8-5-6-9-13(12)14-3/h4-9,11H,10H2,1-3H3/b7-4-. The topological polar surface area (TPSA) is 9.23 Å². The van der Waals surface area contributed by atoms with Crippen molar-refractivity contribution in [1.82, 2.24) is 0 Å². The second-order valence-electron chi connectivity index (χ2n) is 3.52. The monoisotopic (exact) mass is 190 g/mol. The molecule has 0 aliphatic heterocycles. The Labute approximate surface area is 86.4 Å². The number of rotatable bonds is 4. The summed E-state index contributed by atoms with van der Waals surface area (Å²) in [4.78, 5) is 0. The molecule has 1 nitrogen and oxygen atoms in total. The van der Waals surface area contributed by atoms with Gasteiger partial charge in [0, 0.05) is 0 Å². The molecule has 14 heavy (non-hydrogen) atoms. The Morgan fingerprint density at radius 3 is 2.71 bits per heavy atom. The van der Waals surface area contributed by atoms with Crippen LogP contribution in [-0.2, 0) is 6.42 Å². The average Bonchev–Trinajstić information content (AvgIpc) is 2.19. The minimum Gasteiger partial charge on any atom is -0.496 e. The van der Waals surface area contributed by atoms with E-state index in [0.29, 0.717) is 5.92 Å². The zero-order valence-corrected chi connectivity index (χ0v) is 9.16. The lowest BCUT2D eigenvalue weighted by molar-refractivity contribution is 0.408. The molecule has 0 N–H and O–H groups in total. The summed E-state index contributed by atoms with van der Waals surface area (Å²) in [6, 6.07) is 8.19. The second kappa shape index (κ2) is 5.48. The summed E-state index contributed by atoms with van der Waals surface area (Å²) in [7, 11) is 1.72. The van der Waals surface area contributed by atoms with Gasteiger partial charge in [-0.05, 0) is 30.9 Å². The highest BCUT2D eigenvalue weighted by Crippen LogP contribution is 2.21. The zero-order valence-electron chi connectivity index (χ0n) is 9.16. The molecule has 0 aliphatic carbocycles. The molecule has 0 amide bonds. The van der Waals surface area contributed by atoms with Gasteiger partial charge >= 0.3 is 0 Å². The third-order valence-corrected chi connectivity index (χ3v) is 2.26. The second-order valence-corrected chi connectivity index (χ2v) is 3.52. The minimum atomic E-state index is 0.566. The van der Waals surface area contributed by atoms with Crippen molar-refractivity contribution < 1.29 is 4.74 Å². The molecule has 0 fully saturated rings. The fourth-order valence-electron chi connectivity index (χ4n) is 1.62. The van der Waals surface area contributed by atoms with E-state index >= 15 is 0 Å². The predicted molar refractivity (Wildman–Crippen MR) is 60.7 cm³/mol. The molecule has 0 saturated heterocycles. The smallest absolute Gasteiger partial charge is 0.122 e. The number of methoxy groups -OCH3 is 1. The number of allylic oxidation sites excluding steroid dienone is 2. The van der Waals surface area contributed by atoms with E-state index in [1.165, 1.54) is 5.56 Å². The van der Waals surface area contributed by atoms with Crippen molar-refractivity contribution >= 4 is 0 Å². The van der Waals surface area contributed by atoms with Gasteiger partial charge in [0.2, 0.25) is 0 Å². The van der Waals surface area contributed by atoms with Crippen LogP contribution in [0.2, 0.25) is 0 Å². The maximum absolute atomic E-state index is 5.30. The highest BCUT2D eigenvalue weighted by atomic mass is 16.5. The summed E-state index contributed by atoms with van der Waals surface area (Å²) < 4.78 is 5.30. The molecule has 76 valence electrons. The van der Waals surface area contributed by atoms with Gasteiger partial charge in [-0.3, -0.25) is 0 Å². The number of benzene rings is 1. The van der Waals surface area contributed by atoms with Crippen LogP contribution in [0.4, 0.5) is 0 Å². The maximum atomic E-state index is 5.30. The van der Waals surface area contributed by atoms with E-state index in [9.17, 15) is 0 Å². The van der Waals surface area contributed by atoms with Crippen LogP contribution in [0.1, 0.15) is 19.4 Å². The van der Waals surface area contributed by atoms with Crippen LogP contribution >= 0.6 is 0 Å². The Balaban J connectivity index is 2.75. The highest BCUT2D eigenvalue weighted by molar-refractivity contribution is 5.33. The number of ether oxygens (including phenoxy) is 1. The fourth-order valence-corrected chi connectivity index (χ4v) is 1.62. The maximum Gasteiger partial charge on any atom is 0.122 e. The van der Waals surface area contributed by atoms with Crippen LogP contribution in [0.25, 0.3) is 0 Å². The van der Waals surface area contributed by atoms with Crippen LogP contribution in [0.3, 0.4) is 0 Å². The third kappa shape index (κ3) is 2.91. The van der Waals surface area contributed by atoms with E-state index in [2.05, 4.69) is 38.1 Å². The Bertz CT molecular complexity index is 302. The van der Waals surface area contributed by atoms with Crippen molar-refractivity contribution in [2.75, 3.05) is 7.11 Å². The average molecular weight is 190 g/mol. The first-order valence-corrected chi connectivity index (χ1v) is 5.02. The van der Waals surface area contributed by atoms with Gasteiger partial charge in [0.15, 0.2) is 0 Å². The van der Waals surface area contributed by atoms with Crippen LogP contribution < -0.4 is 4.74 Å². The van der Waals surface area contributed by atoms with Crippen molar-refractivity contribution in [2.24, 2.45) is 5.92 Å². The van der Waals surface area contributed by atoms with Gasteiger partial charge in [-0.15, -0.1) is 0 Å². The summed E-state index contributed by atoms with van der Waals surface area (Å²) in [5, 5.41) is 0. The summed E-state index contributed by atoms with van der Waals surface area (Å²) in [5.74, 6) is 1.56. The molecule has 0 aliphatic rings. The summed E-state index contributed by atoms with van der Waals surface area (Å²) in [6.07, 6.45) is 5.35. The van der Waals surface area contributed by atoms with Crippen LogP contribution in [0.15, 0.2) is 36.4 Å². The van der Waals surface area contributed by atoms with Crippen molar-refractivity contribution in [1.29, 1.82) is 0 Å². The number of para-hydroxylation sites is 1. The Hall–Kier alpha value is -1.24. The molecule has 1 heteroatoms. The summed E-state index contributed by atoms with van der Waals surface area (Å²) in [6.45, 7) is 4.27. The van der Waals surface area contributed by atoms with Crippen LogP contribution in [0.5, 0.6) is 5.75 Å². The van der Waals surface area contributed by atoms with Gasteiger partial charge in [-0.1, -0.05) is 37.3 Å². The molecule has 0 heterocycles. The molecular formula is C13H18O. The number of hydrogen-bond acceptors (Lipinski definition) is 1. The van der Waals surface area contributed by atoms with Gasteiger partial charge < -0.3 is 4.74 Å². The van der Waals surface area contributed by atoms with E-state index < -0.39 is 0 Å². The van der Waals surface area contributed by atoms with E-state index in [4.69, 9.17) is 4.74 Å².